The summed E-state index contributed by atoms with van der Waals surface area (Å²) in [5.41, 5.74) is 2.17. The van der Waals surface area contributed by atoms with Crippen molar-refractivity contribution < 1.29 is 9.36 Å². The third-order valence-electron chi connectivity index (χ3n) is 4.20. The standard InChI is InChI=1S/C19H24N2O/c1-4-16(5-2)17-11-13-21(14-12-17)15(3)19(22)20-18-9-7-6-8-10-18/h6-16H,4-5H2,1-3H3/p+1/t15-/m1/s1. The fourth-order valence-corrected chi connectivity index (χ4v) is 2.64. The summed E-state index contributed by atoms with van der Waals surface area (Å²) in [6, 6.07) is 13.6. The summed E-state index contributed by atoms with van der Waals surface area (Å²) in [5.74, 6) is 0.592. The monoisotopic (exact) mass is 297 g/mol. The second-order valence-corrected chi connectivity index (χ2v) is 5.62. The summed E-state index contributed by atoms with van der Waals surface area (Å²) in [6.07, 6.45) is 6.29. The lowest BCUT2D eigenvalue weighted by molar-refractivity contribution is -0.705. The van der Waals surface area contributed by atoms with Gasteiger partial charge in [0.1, 0.15) is 0 Å². The molecule has 0 aliphatic carbocycles. The Bertz CT molecular complexity index is 589. The molecule has 1 heterocycles. The van der Waals surface area contributed by atoms with Crippen molar-refractivity contribution in [1.82, 2.24) is 0 Å². The van der Waals surface area contributed by atoms with Crippen LogP contribution in [0.15, 0.2) is 54.9 Å². The van der Waals surface area contributed by atoms with Gasteiger partial charge in [-0.05, 0) is 36.5 Å². The van der Waals surface area contributed by atoms with Crippen molar-refractivity contribution in [2.75, 3.05) is 5.32 Å². The lowest BCUT2D eigenvalue weighted by Crippen LogP contribution is -2.44. The Morgan fingerprint density at radius 1 is 1.05 bits per heavy atom. The minimum atomic E-state index is -0.240. The van der Waals surface area contributed by atoms with E-state index in [-0.39, 0.29) is 11.9 Å². The van der Waals surface area contributed by atoms with Crippen molar-refractivity contribution in [3.63, 3.8) is 0 Å². The lowest BCUT2D eigenvalue weighted by atomic mass is 9.95. The first kappa shape index (κ1) is 16.2. The van der Waals surface area contributed by atoms with Crippen LogP contribution in [0.2, 0.25) is 0 Å². The molecule has 1 aromatic carbocycles. The number of carbonyl (C=O) groups excluding carboxylic acids is 1. The number of hydrogen-bond acceptors (Lipinski definition) is 1. The molecule has 0 spiro atoms. The van der Waals surface area contributed by atoms with Crippen LogP contribution < -0.4 is 9.88 Å². The summed E-state index contributed by atoms with van der Waals surface area (Å²) in [4.78, 5) is 12.3. The fraction of sp³-hybridized carbons (Fsp3) is 0.368. The van der Waals surface area contributed by atoms with E-state index in [0.29, 0.717) is 5.92 Å². The van der Waals surface area contributed by atoms with Gasteiger partial charge in [0.25, 0.3) is 5.91 Å². The summed E-state index contributed by atoms with van der Waals surface area (Å²) in [7, 11) is 0. The zero-order valence-corrected chi connectivity index (χ0v) is 13.6. The molecule has 116 valence electrons. The Kier molecular flexibility index (Phi) is 5.70. The van der Waals surface area contributed by atoms with Gasteiger partial charge in [-0.15, -0.1) is 0 Å². The third kappa shape index (κ3) is 3.94. The predicted molar refractivity (Wildman–Crippen MR) is 89.7 cm³/mol. The van der Waals surface area contributed by atoms with Crippen molar-refractivity contribution in [1.29, 1.82) is 0 Å². The molecule has 2 rings (SSSR count). The minimum Gasteiger partial charge on any atom is -0.320 e. The van der Waals surface area contributed by atoms with Crippen LogP contribution in [0.3, 0.4) is 0 Å². The number of pyridine rings is 1. The molecule has 1 N–H and O–H groups in total. The van der Waals surface area contributed by atoms with Crippen molar-refractivity contribution in [3.8, 4) is 0 Å². The molecule has 3 nitrogen and oxygen atoms in total. The Balaban J connectivity index is 2.06. The van der Waals surface area contributed by atoms with Crippen LogP contribution >= 0.6 is 0 Å². The summed E-state index contributed by atoms with van der Waals surface area (Å²) >= 11 is 0. The van der Waals surface area contributed by atoms with Gasteiger partial charge in [0.2, 0.25) is 6.04 Å². The molecule has 3 heteroatoms. The average molecular weight is 297 g/mol. The maximum absolute atomic E-state index is 12.3. The van der Waals surface area contributed by atoms with Gasteiger partial charge in [0.05, 0.1) is 0 Å². The fourth-order valence-electron chi connectivity index (χ4n) is 2.64. The van der Waals surface area contributed by atoms with Gasteiger partial charge in [-0.2, -0.15) is 4.57 Å². The molecule has 0 unspecified atom stereocenters. The summed E-state index contributed by atoms with van der Waals surface area (Å²) < 4.78 is 1.95. The van der Waals surface area contributed by atoms with E-state index < -0.39 is 0 Å². The normalized spacial score (nSPS) is 12.2. The van der Waals surface area contributed by atoms with E-state index in [4.69, 9.17) is 0 Å². The van der Waals surface area contributed by atoms with E-state index in [2.05, 4.69) is 31.3 Å². The number of hydrogen-bond donors (Lipinski definition) is 1. The van der Waals surface area contributed by atoms with E-state index in [0.717, 1.165) is 18.5 Å². The third-order valence-corrected chi connectivity index (χ3v) is 4.20. The molecule has 0 aliphatic heterocycles. The average Bonchev–Trinajstić information content (AvgIpc) is 2.57. The predicted octanol–water partition coefficient (Wildman–Crippen LogP) is 4.08. The van der Waals surface area contributed by atoms with Crippen molar-refractivity contribution in [3.05, 3.63) is 60.4 Å². The van der Waals surface area contributed by atoms with E-state index in [9.17, 15) is 4.79 Å². The van der Waals surface area contributed by atoms with Gasteiger partial charge in [-0.1, -0.05) is 32.0 Å². The quantitative estimate of drug-likeness (QED) is 0.801. The number of nitrogens with one attached hydrogen (secondary N) is 1. The molecule has 0 aliphatic rings. The number of anilines is 1. The number of benzene rings is 1. The van der Waals surface area contributed by atoms with Crippen LogP contribution in [0.4, 0.5) is 5.69 Å². The highest BCUT2D eigenvalue weighted by atomic mass is 16.2. The topological polar surface area (TPSA) is 33.0 Å². The second-order valence-electron chi connectivity index (χ2n) is 5.62. The van der Waals surface area contributed by atoms with Gasteiger partial charge in [-0.3, -0.25) is 4.79 Å². The molecule has 1 aromatic heterocycles. The molecular weight excluding hydrogens is 272 g/mol. The molecule has 0 fully saturated rings. The van der Waals surface area contributed by atoms with Gasteiger partial charge >= 0.3 is 0 Å². The van der Waals surface area contributed by atoms with E-state index in [1.807, 2.05) is 54.2 Å². The lowest BCUT2D eigenvalue weighted by Gasteiger charge is -2.13. The van der Waals surface area contributed by atoms with Crippen LogP contribution in [-0.4, -0.2) is 5.91 Å². The molecule has 0 radical (unpaired) electrons. The first-order chi connectivity index (χ1) is 10.7. The van der Waals surface area contributed by atoms with E-state index in [1.54, 1.807) is 0 Å². The molecule has 0 saturated carbocycles. The zero-order chi connectivity index (χ0) is 15.9. The van der Waals surface area contributed by atoms with Crippen molar-refractivity contribution in [2.45, 2.75) is 45.6 Å². The summed E-state index contributed by atoms with van der Waals surface area (Å²) in [5, 5.41) is 2.94. The van der Waals surface area contributed by atoms with Gasteiger partial charge in [0, 0.05) is 24.7 Å². The minimum absolute atomic E-state index is 0.00789. The second kappa shape index (κ2) is 7.74. The van der Waals surface area contributed by atoms with Crippen LogP contribution in [0.25, 0.3) is 0 Å². The number of amides is 1. The van der Waals surface area contributed by atoms with Gasteiger partial charge in [-0.25, -0.2) is 0 Å². The number of carbonyl (C=O) groups is 1. The van der Waals surface area contributed by atoms with E-state index in [1.165, 1.54) is 5.56 Å². The Morgan fingerprint density at radius 2 is 1.64 bits per heavy atom. The van der Waals surface area contributed by atoms with Crippen molar-refractivity contribution in [2.24, 2.45) is 0 Å². The Hall–Kier alpha value is -2.16. The molecule has 22 heavy (non-hydrogen) atoms. The molecule has 0 bridgehead atoms. The highest BCUT2D eigenvalue weighted by Gasteiger charge is 2.22. The van der Waals surface area contributed by atoms with Gasteiger partial charge in [0.15, 0.2) is 12.4 Å². The van der Waals surface area contributed by atoms with Crippen LogP contribution in [0.1, 0.15) is 51.1 Å². The SMILES string of the molecule is CCC(CC)c1cc[n+]([C@H](C)C(=O)Nc2ccccc2)cc1. The maximum atomic E-state index is 12.3. The Labute approximate surface area is 133 Å². The van der Waals surface area contributed by atoms with Gasteiger partial charge < -0.3 is 5.32 Å². The van der Waals surface area contributed by atoms with Crippen molar-refractivity contribution >= 4 is 11.6 Å². The summed E-state index contributed by atoms with van der Waals surface area (Å²) in [6.45, 7) is 6.34. The molecule has 1 amide bonds. The Morgan fingerprint density at radius 3 is 2.18 bits per heavy atom. The number of nitrogens with zero attached hydrogens (tertiary/aromatic N) is 1. The molecule has 0 saturated heterocycles. The molecular formula is C19H25N2O+. The number of para-hydroxylation sites is 1. The first-order valence-corrected chi connectivity index (χ1v) is 8.02. The number of rotatable bonds is 6. The zero-order valence-electron chi connectivity index (χ0n) is 13.6. The molecule has 2 aromatic rings. The maximum Gasteiger partial charge on any atom is 0.293 e. The van der Waals surface area contributed by atoms with Crippen LogP contribution in [0, 0.1) is 0 Å². The smallest absolute Gasteiger partial charge is 0.293 e. The van der Waals surface area contributed by atoms with Crippen LogP contribution in [0.5, 0.6) is 0 Å². The highest BCUT2D eigenvalue weighted by molar-refractivity contribution is 5.92. The van der Waals surface area contributed by atoms with Crippen LogP contribution in [-0.2, 0) is 4.79 Å². The first-order valence-electron chi connectivity index (χ1n) is 8.02. The molecule has 1 atom stereocenters. The highest BCUT2D eigenvalue weighted by Crippen LogP contribution is 2.21. The number of aromatic nitrogens is 1. The largest absolute Gasteiger partial charge is 0.320 e. The van der Waals surface area contributed by atoms with E-state index >= 15 is 0 Å².